The van der Waals surface area contributed by atoms with Gasteiger partial charge in [-0.1, -0.05) is 27.7 Å². The molecule has 3 aliphatic rings. The third-order valence-electron chi connectivity index (χ3n) is 9.93. The Morgan fingerprint density at radius 2 is 1.65 bits per heavy atom. The van der Waals surface area contributed by atoms with Crippen molar-refractivity contribution in [2.24, 2.45) is 23.7 Å². The Hall–Kier alpha value is -2.12. The lowest BCUT2D eigenvalue weighted by Crippen LogP contribution is -2.60. The molecule has 0 aromatic heterocycles. The average Bonchev–Trinajstić information content (AvgIpc) is 3.27. The van der Waals surface area contributed by atoms with Crippen molar-refractivity contribution in [3.8, 4) is 0 Å². The van der Waals surface area contributed by atoms with Gasteiger partial charge < -0.3 is 39.0 Å². The number of methoxy groups -OCH3 is 1. The van der Waals surface area contributed by atoms with Gasteiger partial charge in [0.25, 0.3) is 0 Å². The summed E-state index contributed by atoms with van der Waals surface area (Å²) in [6.07, 6.45) is -3.96. The fraction of sp³-hybridized carbons (Fsp3) is 0.871. The summed E-state index contributed by atoms with van der Waals surface area (Å²) in [5.41, 5.74) is -2.56. The highest BCUT2D eigenvalue weighted by atomic mass is 16.7. The molecule has 12 heteroatoms. The number of amides is 1. The van der Waals surface area contributed by atoms with Gasteiger partial charge >= 0.3 is 12.1 Å². The summed E-state index contributed by atoms with van der Waals surface area (Å²) in [4.78, 5) is 55.7. The lowest BCUT2D eigenvalue weighted by Gasteiger charge is -2.47. The van der Waals surface area contributed by atoms with Crippen molar-refractivity contribution < 1.29 is 48.0 Å². The molecule has 3 heterocycles. The van der Waals surface area contributed by atoms with Crippen molar-refractivity contribution in [1.82, 2.24) is 10.2 Å². The van der Waals surface area contributed by atoms with E-state index in [0.29, 0.717) is 6.42 Å². The molecule has 3 fully saturated rings. The number of fused-ring (bicyclic) bond motifs is 1. The lowest BCUT2D eigenvalue weighted by molar-refractivity contribution is -0.295. The number of ether oxygens (including phenoxy) is 5. The highest BCUT2D eigenvalue weighted by Gasteiger charge is 2.57. The maximum Gasteiger partial charge on any atom is 0.408 e. The van der Waals surface area contributed by atoms with E-state index < -0.39 is 83.4 Å². The number of aliphatic hydroxyl groups excluding tert-OH is 1. The fourth-order valence-electron chi connectivity index (χ4n) is 7.19. The summed E-state index contributed by atoms with van der Waals surface area (Å²) < 4.78 is 30.1. The molecule has 3 saturated heterocycles. The minimum atomic E-state index is -1.33. The molecule has 246 valence electrons. The molecular weight excluding hydrogens is 560 g/mol. The molecule has 0 aliphatic carbocycles. The van der Waals surface area contributed by atoms with Crippen LogP contribution in [0, 0.1) is 23.7 Å². The Balaban J connectivity index is 2.09. The van der Waals surface area contributed by atoms with Crippen LogP contribution in [0.2, 0.25) is 0 Å². The van der Waals surface area contributed by atoms with Crippen LogP contribution in [0.4, 0.5) is 4.79 Å². The van der Waals surface area contributed by atoms with Crippen LogP contribution in [0.1, 0.15) is 74.7 Å². The Kier molecular flexibility index (Phi) is 11.1. The van der Waals surface area contributed by atoms with E-state index in [-0.39, 0.29) is 30.8 Å². The number of hydrogen-bond acceptors (Lipinski definition) is 11. The second-order valence-electron chi connectivity index (χ2n) is 13.4. The summed E-state index contributed by atoms with van der Waals surface area (Å²) >= 11 is 0. The molecule has 1 unspecified atom stereocenters. The number of carbonyl (C=O) groups excluding carboxylic acids is 4. The van der Waals surface area contributed by atoms with Crippen molar-refractivity contribution in [1.29, 1.82) is 0 Å². The van der Waals surface area contributed by atoms with Crippen LogP contribution in [0.5, 0.6) is 0 Å². The lowest BCUT2D eigenvalue weighted by atomic mass is 9.73. The molecule has 43 heavy (non-hydrogen) atoms. The zero-order valence-electron chi connectivity index (χ0n) is 27.5. The molecule has 0 radical (unpaired) electrons. The number of rotatable bonds is 5. The van der Waals surface area contributed by atoms with Gasteiger partial charge in [0, 0.05) is 30.9 Å². The van der Waals surface area contributed by atoms with Crippen LogP contribution in [-0.2, 0) is 38.1 Å². The molecule has 0 bridgehead atoms. The number of hydrogen-bond donors (Lipinski definition) is 2. The van der Waals surface area contributed by atoms with E-state index in [1.807, 2.05) is 25.9 Å². The van der Waals surface area contributed by atoms with Crippen molar-refractivity contribution in [2.45, 2.75) is 129 Å². The predicted octanol–water partition coefficient (Wildman–Crippen LogP) is 2.48. The maximum atomic E-state index is 13.9. The third-order valence-corrected chi connectivity index (χ3v) is 9.93. The first kappa shape index (κ1) is 35.4. The van der Waals surface area contributed by atoms with Gasteiger partial charge in [-0.3, -0.25) is 14.4 Å². The Morgan fingerprint density at radius 3 is 2.21 bits per heavy atom. The first-order chi connectivity index (χ1) is 19.9. The van der Waals surface area contributed by atoms with Gasteiger partial charge in [0.2, 0.25) is 0 Å². The molecular formula is C31H52N2O10. The molecule has 1 amide bonds. The molecule has 12 nitrogen and oxygen atoms in total. The minimum absolute atomic E-state index is 0.151. The minimum Gasteiger partial charge on any atom is -0.458 e. The van der Waals surface area contributed by atoms with Crippen LogP contribution in [-0.4, -0.2) is 109 Å². The normalized spacial score (nSPS) is 45.2. The molecule has 3 aliphatic heterocycles. The van der Waals surface area contributed by atoms with Gasteiger partial charge in [-0.05, 0) is 61.1 Å². The second kappa shape index (κ2) is 13.5. The Bertz CT molecular complexity index is 1050. The number of likely N-dealkylation sites (N-methyl/N-ethyl adjacent to an activating group) is 1. The van der Waals surface area contributed by atoms with E-state index in [9.17, 15) is 24.3 Å². The van der Waals surface area contributed by atoms with Crippen LogP contribution >= 0.6 is 0 Å². The molecule has 0 aromatic rings. The fourth-order valence-corrected chi connectivity index (χ4v) is 7.19. The zero-order valence-corrected chi connectivity index (χ0v) is 27.5. The molecule has 0 saturated carbocycles. The number of nitrogens with zero attached hydrogens (tertiary/aromatic N) is 1. The first-order valence-corrected chi connectivity index (χ1v) is 15.4. The highest BCUT2D eigenvalue weighted by molar-refractivity contribution is 6.00. The average molecular weight is 613 g/mol. The van der Waals surface area contributed by atoms with E-state index in [2.05, 4.69) is 5.32 Å². The first-order valence-electron chi connectivity index (χ1n) is 15.4. The summed E-state index contributed by atoms with van der Waals surface area (Å²) in [5, 5.41) is 14.0. The van der Waals surface area contributed by atoms with E-state index in [0.717, 1.165) is 0 Å². The van der Waals surface area contributed by atoms with E-state index in [1.54, 1.807) is 41.5 Å². The van der Waals surface area contributed by atoms with Crippen LogP contribution in [0.15, 0.2) is 0 Å². The highest BCUT2D eigenvalue weighted by Crippen LogP contribution is 2.40. The van der Waals surface area contributed by atoms with Gasteiger partial charge in [0.1, 0.15) is 23.9 Å². The zero-order chi connectivity index (χ0) is 32.6. The van der Waals surface area contributed by atoms with Gasteiger partial charge in [-0.15, -0.1) is 0 Å². The molecule has 13 atom stereocenters. The number of aliphatic hydroxyl groups is 1. The van der Waals surface area contributed by atoms with Gasteiger partial charge in [0.05, 0.1) is 23.9 Å². The summed E-state index contributed by atoms with van der Waals surface area (Å²) in [6.45, 7) is 13.7. The summed E-state index contributed by atoms with van der Waals surface area (Å²) in [6, 6.07) is -1.04. The van der Waals surface area contributed by atoms with Crippen molar-refractivity contribution in [3.05, 3.63) is 0 Å². The second-order valence-corrected chi connectivity index (χ2v) is 13.4. The SMILES string of the molecule is CCC1OC(=O)[C@H](C)C(=O)[C@H](C)[C@@H](O[C@@H]2O[C@H](C)C[C@H](N(C)C)[C@H]2O)[C@](C)(OC)C[C@@H](C)C(=O)[C@@H](C)[C@H]2NC(=O)O[C@]12C. The third kappa shape index (κ3) is 6.93. The molecule has 0 spiro atoms. The molecule has 3 rings (SSSR count). The predicted molar refractivity (Wildman–Crippen MR) is 156 cm³/mol. The number of alkyl carbamates (subject to hydrolysis) is 1. The maximum absolute atomic E-state index is 13.9. The van der Waals surface area contributed by atoms with Gasteiger partial charge in [-0.25, -0.2) is 4.79 Å². The molecule has 2 N–H and O–H groups in total. The van der Waals surface area contributed by atoms with Crippen LogP contribution < -0.4 is 5.32 Å². The van der Waals surface area contributed by atoms with Crippen molar-refractivity contribution >= 4 is 23.6 Å². The van der Waals surface area contributed by atoms with E-state index in [1.165, 1.54) is 14.0 Å². The number of nitrogens with one attached hydrogen (secondary N) is 1. The number of Topliss-reactive ketones (excluding diaryl/α,β-unsaturated/α-hetero) is 2. The van der Waals surface area contributed by atoms with Crippen LogP contribution in [0.3, 0.4) is 0 Å². The Morgan fingerprint density at radius 1 is 1.02 bits per heavy atom. The number of ketones is 2. The Labute approximate surface area is 255 Å². The quantitative estimate of drug-likeness (QED) is 0.348. The van der Waals surface area contributed by atoms with Crippen LogP contribution in [0.25, 0.3) is 0 Å². The number of cyclic esters (lactones) is 1. The topological polar surface area (TPSA) is 150 Å². The molecule has 0 aromatic carbocycles. The summed E-state index contributed by atoms with van der Waals surface area (Å²) in [5.74, 6) is -4.80. The number of carbonyl (C=O) groups is 4. The van der Waals surface area contributed by atoms with Gasteiger partial charge in [-0.2, -0.15) is 0 Å². The smallest absolute Gasteiger partial charge is 0.408 e. The van der Waals surface area contributed by atoms with E-state index in [4.69, 9.17) is 23.7 Å². The largest absolute Gasteiger partial charge is 0.458 e. The standard InChI is InChI=1S/C31H52N2O10/c1-12-21-31(8)25(32-29(38)43-31)17(4)22(34)15(2)14-30(7,39-11)26(18(5)23(35)19(6)27(37)41-21)42-28-24(36)20(33(9)10)13-16(3)40-28/h15-21,24-26,28,36H,12-14H2,1-11H3,(H,32,38)/t15-,16-,17-,18+,19-,20+,21?,24-,25-,26-,28+,30-,31-/m1/s1. The van der Waals surface area contributed by atoms with Crippen molar-refractivity contribution in [3.63, 3.8) is 0 Å². The van der Waals surface area contributed by atoms with E-state index >= 15 is 0 Å². The van der Waals surface area contributed by atoms with Crippen molar-refractivity contribution in [2.75, 3.05) is 21.2 Å². The van der Waals surface area contributed by atoms with Gasteiger partial charge in [0.15, 0.2) is 17.7 Å². The summed E-state index contributed by atoms with van der Waals surface area (Å²) in [7, 11) is 5.21. The number of esters is 1. The monoisotopic (exact) mass is 612 g/mol.